The molecule has 2 aromatic rings. The van der Waals surface area contributed by atoms with Crippen LogP contribution in [0.3, 0.4) is 0 Å². The number of nitrogens with zero attached hydrogens (tertiary/aromatic N) is 2. The summed E-state index contributed by atoms with van der Waals surface area (Å²) in [6, 6.07) is 13.7. The lowest BCUT2D eigenvalue weighted by Crippen LogP contribution is -2.60. The van der Waals surface area contributed by atoms with E-state index in [0.717, 1.165) is 30.7 Å². The van der Waals surface area contributed by atoms with E-state index in [-0.39, 0.29) is 11.7 Å². The zero-order valence-corrected chi connectivity index (χ0v) is 18.2. The highest BCUT2D eigenvalue weighted by atomic mass is 35.5. The number of likely N-dealkylation sites (N-methyl/N-ethyl adjacent to an activating group) is 1. The van der Waals surface area contributed by atoms with Crippen molar-refractivity contribution >= 4 is 23.3 Å². The molecule has 154 valence electrons. The molecule has 0 aromatic heterocycles. The van der Waals surface area contributed by atoms with Gasteiger partial charge in [-0.2, -0.15) is 0 Å². The molecule has 1 aliphatic heterocycles. The molecule has 3 rings (SSSR count). The van der Waals surface area contributed by atoms with Crippen molar-refractivity contribution in [3.8, 4) is 5.75 Å². The van der Waals surface area contributed by atoms with Gasteiger partial charge in [0.1, 0.15) is 5.75 Å². The predicted molar refractivity (Wildman–Crippen MR) is 114 cm³/mol. The van der Waals surface area contributed by atoms with Gasteiger partial charge in [0.15, 0.2) is 11.4 Å². The maximum atomic E-state index is 13.0. The molecular weight excluding hydrogens is 388 g/mol. The number of quaternary nitrogens is 1. The van der Waals surface area contributed by atoms with Crippen LogP contribution in [0.25, 0.3) is 0 Å². The van der Waals surface area contributed by atoms with Crippen molar-refractivity contribution in [2.45, 2.75) is 19.4 Å². The van der Waals surface area contributed by atoms with E-state index >= 15 is 0 Å². The van der Waals surface area contributed by atoms with E-state index in [1.54, 1.807) is 62.4 Å². The maximum absolute atomic E-state index is 13.0. The van der Waals surface area contributed by atoms with E-state index < -0.39 is 5.60 Å². The van der Waals surface area contributed by atoms with Crippen molar-refractivity contribution in [3.63, 3.8) is 0 Å². The summed E-state index contributed by atoms with van der Waals surface area (Å²) in [4.78, 5) is 27.4. The molecule has 2 aromatic carbocycles. The molecular formula is C23H28ClN2O3+. The number of benzene rings is 2. The van der Waals surface area contributed by atoms with Crippen LogP contribution in [-0.4, -0.2) is 66.9 Å². The Labute approximate surface area is 177 Å². The molecule has 29 heavy (non-hydrogen) atoms. The molecule has 0 unspecified atom stereocenters. The minimum Gasteiger partial charge on any atom is -0.478 e. The van der Waals surface area contributed by atoms with E-state index in [1.807, 2.05) is 4.90 Å². The van der Waals surface area contributed by atoms with Gasteiger partial charge < -0.3 is 14.1 Å². The molecule has 0 radical (unpaired) electrons. The highest BCUT2D eigenvalue weighted by molar-refractivity contribution is 6.30. The van der Waals surface area contributed by atoms with E-state index in [4.69, 9.17) is 16.3 Å². The summed E-state index contributed by atoms with van der Waals surface area (Å²) in [6.07, 6.45) is 0. The molecule has 0 bridgehead atoms. The van der Waals surface area contributed by atoms with Gasteiger partial charge >= 0.3 is 0 Å². The van der Waals surface area contributed by atoms with Gasteiger partial charge in [-0.1, -0.05) is 11.6 Å². The minimum atomic E-state index is -0.976. The summed E-state index contributed by atoms with van der Waals surface area (Å²) in [5.74, 6) is 0.459. The predicted octanol–water partition coefficient (Wildman–Crippen LogP) is 3.65. The quantitative estimate of drug-likeness (QED) is 0.553. The molecule has 0 N–H and O–H groups in total. The van der Waals surface area contributed by atoms with Gasteiger partial charge in [0.25, 0.3) is 5.91 Å². The first-order valence-electron chi connectivity index (χ1n) is 9.78. The van der Waals surface area contributed by atoms with Crippen LogP contribution in [0.4, 0.5) is 0 Å². The summed E-state index contributed by atoms with van der Waals surface area (Å²) in [5.41, 5.74) is 0.153. The van der Waals surface area contributed by atoms with Crippen LogP contribution in [0.1, 0.15) is 29.8 Å². The molecule has 0 atom stereocenters. The van der Waals surface area contributed by atoms with Crippen molar-refractivity contribution in [1.29, 1.82) is 0 Å². The molecule has 0 aliphatic carbocycles. The van der Waals surface area contributed by atoms with Gasteiger partial charge in [0, 0.05) is 16.1 Å². The highest BCUT2D eigenvalue weighted by Crippen LogP contribution is 2.23. The summed E-state index contributed by atoms with van der Waals surface area (Å²) in [5, 5.41) is 0.591. The van der Waals surface area contributed by atoms with Crippen LogP contribution in [0.2, 0.25) is 5.02 Å². The Hall–Kier alpha value is -2.37. The average molecular weight is 416 g/mol. The molecule has 0 saturated carbocycles. The third kappa shape index (κ3) is 5.17. The summed E-state index contributed by atoms with van der Waals surface area (Å²) >= 11 is 5.88. The number of hydrogen-bond donors (Lipinski definition) is 0. The van der Waals surface area contributed by atoms with E-state index in [1.165, 1.54) is 0 Å². The normalized spacial score (nSPS) is 16.4. The van der Waals surface area contributed by atoms with Gasteiger partial charge in [0.05, 0.1) is 40.3 Å². The third-order valence-electron chi connectivity index (χ3n) is 5.35. The maximum Gasteiger partial charge on any atom is 0.266 e. The highest BCUT2D eigenvalue weighted by Gasteiger charge is 2.37. The number of ketones is 1. The topological polar surface area (TPSA) is 46.6 Å². The zero-order chi connectivity index (χ0) is 21.2. The first-order valence-corrected chi connectivity index (χ1v) is 10.2. The fourth-order valence-corrected chi connectivity index (χ4v) is 3.50. The average Bonchev–Trinajstić information content (AvgIpc) is 2.68. The molecule has 1 amide bonds. The van der Waals surface area contributed by atoms with E-state index in [9.17, 15) is 9.59 Å². The van der Waals surface area contributed by atoms with Crippen molar-refractivity contribution in [3.05, 3.63) is 64.7 Å². The first-order chi connectivity index (χ1) is 13.6. The second-order valence-electron chi connectivity index (χ2n) is 8.65. The standard InChI is InChI=1S/C23H28ClN2O3/c1-23(2,22(28)25-13-15-26(3,4)16-14-25)29-20-11-7-18(8-12-20)21(27)17-5-9-19(24)10-6-17/h5-12H,13-16H2,1-4H3/q+1. The van der Waals surface area contributed by atoms with Crippen molar-refractivity contribution in [1.82, 2.24) is 4.90 Å². The molecule has 1 aliphatic rings. The molecule has 5 nitrogen and oxygen atoms in total. The second kappa shape index (κ2) is 8.17. The van der Waals surface area contributed by atoms with E-state index in [2.05, 4.69) is 14.1 Å². The first kappa shape index (κ1) is 21.3. The van der Waals surface area contributed by atoms with Crippen molar-refractivity contribution in [2.75, 3.05) is 40.3 Å². The van der Waals surface area contributed by atoms with Gasteiger partial charge in [0.2, 0.25) is 0 Å². The van der Waals surface area contributed by atoms with Crippen LogP contribution in [-0.2, 0) is 4.79 Å². The number of halogens is 1. The lowest BCUT2D eigenvalue weighted by molar-refractivity contribution is -0.894. The minimum absolute atomic E-state index is 0.0153. The summed E-state index contributed by atoms with van der Waals surface area (Å²) in [6.45, 7) is 6.90. The Balaban J connectivity index is 1.66. The fourth-order valence-electron chi connectivity index (χ4n) is 3.37. The summed E-state index contributed by atoms with van der Waals surface area (Å²) < 4.78 is 6.92. The monoisotopic (exact) mass is 415 g/mol. The van der Waals surface area contributed by atoms with Crippen LogP contribution in [0, 0.1) is 0 Å². The Morgan fingerprint density at radius 2 is 1.41 bits per heavy atom. The number of rotatable bonds is 5. The van der Waals surface area contributed by atoms with E-state index in [0.29, 0.717) is 21.9 Å². The smallest absolute Gasteiger partial charge is 0.266 e. The van der Waals surface area contributed by atoms with Gasteiger partial charge in [-0.05, 0) is 62.4 Å². The number of piperazine rings is 1. The molecule has 1 fully saturated rings. The molecule has 1 heterocycles. The zero-order valence-electron chi connectivity index (χ0n) is 17.4. The molecule has 1 saturated heterocycles. The fraction of sp³-hybridized carbons (Fsp3) is 0.391. The Morgan fingerprint density at radius 3 is 1.93 bits per heavy atom. The number of ether oxygens (including phenoxy) is 1. The van der Waals surface area contributed by atoms with Crippen LogP contribution < -0.4 is 4.74 Å². The third-order valence-corrected chi connectivity index (χ3v) is 5.60. The Bertz CT molecular complexity index is 879. The van der Waals surface area contributed by atoms with Gasteiger partial charge in [-0.3, -0.25) is 9.59 Å². The Morgan fingerprint density at radius 1 is 0.931 bits per heavy atom. The molecule has 6 heteroatoms. The second-order valence-corrected chi connectivity index (χ2v) is 9.08. The van der Waals surface area contributed by atoms with Crippen molar-refractivity contribution < 1.29 is 18.8 Å². The summed E-state index contributed by atoms with van der Waals surface area (Å²) in [7, 11) is 4.35. The lowest BCUT2D eigenvalue weighted by atomic mass is 10.0. The number of amides is 1. The lowest BCUT2D eigenvalue weighted by Gasteiger charge is -2.41. The van der Waals surface area contributed by atoms with Crippen LogP contribution in [0.15, 0.2) is 48.5 Å². The molecule has 0 spiro atoms. The Kier molecular flexibility index (Phi) is 6.01. The van der Waals surface area contributed by atoms with Crippen LogP contribution in [0.5, 0.6) is 5.75 Å². The van der Waals surface area contributed by atoms with Crippen molar-refractivity contribution in [2.24, 2.45) is 0 Å². The van der Waals surface area contributed by atoms with Gasteiger partial charge in [-0.15, -0.1) is 0 Å². The van der Waals surface area contributed by atoms with Crippen LogP contribution >= 0.6 is 11.6 Å². The van der Waals surface area contributed by atoms with Gasteiger partial charge in [-0.25, -0.2) is 0 Å². The largest absolute Gasteiger partial charge is 0.478 e. The number of carbonyl (C=O) groups excluding carboxylic acids is 2. The SMILES string of the molecule is CC(C)(Oc1ccc(C(=O)c2ccc(Cl)cc2)cc1)C(=O)N1CC[N+](C)(C)CC1. The number of hydrogen-bond acceptors (Lipinski definition) is 3. The number of carbonyl (C=O) groups is 2.